The average Bonchev–Trinajstić information content (AvgIpc) is 2.57. The highest BCUT2D eigenvalue weighted by Gasteiger charge is 2.23. The minimum Gasteiger partial charge on any atom is -0.367 e. The third kappa shape index (κ3) is 3.58. The standard InChI is InChI=1S/C15H20N6O2/c1-20-15(23)8-5-12(19-20)16-10-11-4-2-3-9-21(11)13-6-7-14(22)18-17-13/h5-8,11H,2-4,9-10H2,1H3,(H,16,19)(H,18,22). The first-order valence-corrected chi connectivity index (χ1v) is 7.74. The van der Waals surface area contributed by atoms with Gasteiger partial charge in [0.15, 0.2) is 0 Å². The Labute approximate surface area is 133 Å². The molecule has 2 N–H and O–H groups in total. The van der Waals surface area contributed by atoms with Gasteiger partial charge in [0.05, 0.1) is 0 Å². The molecule has 1 atom stereocenters. The van der Waals surface area contributed by atoms with Crippen LogP contribution in [0.25, 0.3) is 0 Å². The SMILES string of the molecule is Cn1nc(NCC2CCCCN2c2ccc(=O)[nH]n2)ccc1=O. The van der Waals surface area contributed by atoms with E-state index in [1.165, 1.54) is 16.8 Å². The molecule has 0 amide bonds. The minimum atomic E-state index is -0.199. The lowest BCUT2D eigenvalue weighted by atomic mass is 10.0. The molecular weight excluding hydrogens is 296 g/mol. The highest BCUT2D eigenvalue weighted by molar-refractivity contribution is 5.40. The van der Waals surface area contributed by atoms with E-state index in [-0.39, 0.29) is 17.2 Å². The molecule has 8 nitrogen and oxygen atoms in total. The lowest BCUT2D eigenvalue weighted by Gasteiger charge is -2.36. The molecular formula is C15H20N6O2. The summed E-state index contributed by atoms with van der Waals surface area (Å²) in [7, 11) is 1.63. The van der Waals surface area contributed by atoms with Gasteiger partial charge in [-0.3, -0.25) is 9.59 Å². The van der Waals surface area contributed by atoms with Gasteiger partial charge in [-0.25, -0.2) is 9.78 Å². The van der Waals surface area contributed by atoms with Crippen LogP contribution in [0.5, 0.6) is 0 Å². The van der Waals surface area contributed by atoms with E-state index in [0.29, 0.717) is 12.4 Å². The van der Waals surface area contributed by atoms with Crippen molar-refractivity contribution in [3.63, 3.8) is 0 Å². The molecule has 122 valence electrons. The molecule has 1 aliphatic heterocycles. The van der Waals surface area contributed by atoms with E-state index in [9.17, 15) is 9.59 Å². The molecule has 0 bridgehead atoms. The van der Waals surface area contributed by atoms with Crippen molar-refractivity contribution in [2.75, 3.05) is 23.3 Å². The molecule has 2 aromatic rings. The first-order valence-electron chi connectivity index (χ1n) is 7.74. The van der Waals surface area contributed by atoms with Crippen molar-refractivity contribution >= 4 is 11.6 Å². The topological polar surface area (TPSA) is 95.9 Å². The molecule has 1 unspecified atom stereocenters. The Morgan fingerprint density at radius 2 is 2.13 bits per heavy atom. The van der Waals surface area contributed by atoms with E-state index in [0.717, 1.165) is 31.6 Å². The van der Waals surface area contributed by atoms with Crippen molar-refractivity contribution in [3.8, 4) is 0 Å². The molecule has 1 aliphatic rings. The molecule has 2 aromatic heterocycles. The van der Waals surface area contributed by atoms with Gasteiger partial charge in [0, 0.05) is 38.3 Å². The number of nitrogens with one attached hydrogen (secondary N) is 2. The first kappa shape index (κ1) is 15.3. The third-order valence-corrected chi connectivity index (χ3v) is 4.07. The fourth-order valence-electron chi connectivity index (χ4n) is 2.83. The van der Waals surface area contributed by atoms with E-state index in [2.05, 4.69) is 25.5 Å². The average molecular weight is 316 g/mol. The molecule has 3 heterocycles. The Morgan fingerprint density at radius 3 is 2.87 bits per heavy atom. The number of aromatic amines is 1. The quantitative estimate of drug-likeness (QED) is 0.844. The van der Waals surface area contributed by atoms with Crippen LogP contribution in [0.3, 0.4) is 0 Å². The van der Waals surface area contributed by atoms with Crippen molar-refractivity contribution in [2.45, 2.75) is 25.3 Å². The molecule has 23 heavy (non-hydrogen) atoms. The summed E-state index contributed by atoms with van der Waals surface area (Å²) < 4.78 is 1.31. The summed E-state index contributed by atoms with van der Waals surface area (Å²) in [5.74, 6) is 1.46. The fraction of sp³-hybridized carbons (Fsp3) is 0.467. The van der Waals surface area contributed by atoms with E-state index in [1.807, 2.05) is 0 Å². The molecule has 0 radical (unpaired) electrons. The number of aryl methyl sites for hydroxylation is 1. The Bertz CT molecular complexity index is 764. The predicted octanol–water partition coefficient (Wildman–Crippen LogP) is 0.335. The first-order chi connectivity index (χ1) is 11.1. The number of anilines is 2. The van der Waals surface area contributed by atoms with Crippen molar-refractivity contribution in [2.24, 2.45) is 7.05 Å². The van der Waals surface area contributed by atoms with E-state index >= 15 is 0 Å². The van der Waals surface area contributed by atoms with E-state index in [1.54, 1.807) is 19.2 Å². The van der Waals surface area contributed by atoms with Gasteiger partial charge in [0.25, 0.3) is 11.1 Å². The van der Waals surface area contributed by atoms with Crippen LogP contribution >= 0.6 is 0 Å². The molecule has 1 saturated heterocycles. The zero-order chi connectivity index (χ0) is 16.2. The Hall–Kier alpha value is -2.64. The van der Waals surface area contributed by atoms with Gasteiger partial charge in [0.1, 0.15) is 11.6 Å². The summed E-state index contributed by atoms with van der Waals surface area (Å²) in [5, 5.41) is 14.1. The highest BCUT2D eigenvalue weighted by Crippen LogP contribution is 2.22. The summed E-state index contributed by atoms with van der Waals surface area (Å²) in [5.41, 5.74) is -0.331. The summed E-state index contributed by atoms with van der Waals surface area (Å²) >= 11 is 0. The minimum absolute atomic E-state index is 0.132. The lowest BCUT2D eigenvalue weighted by Crippen LogP contribution is -2.44. The molecule has 0 aromatic carbocycles. The Kier molecular flexibility index (Phi) is 4.40. The van der Waals surface area contributed by atoms with Gasteiger partial charge >= 0.3 is 0 Å². The smallest absolute Gasteiger partial charge is 0.266 e. The van der Waals surface area contributed by atoms with Gasteiger partial charge in [-0.2, -0.15) is 10.2 Å². The summed E-state index contributed by atoms with van der Waals surface area (Å²) in [4.78, 5) is 24.7. The van der Waals surface area contributed by atoms with Gasteiger partial charge in [0.2, 0.25) is 0 Å². The number of aromatic nitrogens is 4. The normalized spacial score (nSPS) is 18.0. The van der Waals surface area contributed by atoms with Gasteiger partial charge in [-0.05, 0) is 31.4 Å². The summed E-state index contributed by atoms with van der Waals surface area (Å²) in [6.45, 7) is 1.61. The molecule has 0 aliphatic carbocycles. The van der Waals surface area contributed by atoms with Crippen LogP contribution in [0.1, 0.15) is 19.3 Å². The summed E-state index contributed by atoms with van der Waals surface area (Å²) in [6, 6.07) is 6.70. The second kappa shape index (κ2) is 6.64. The van der Waals surface area contributed by atoms with Crippen molar-refractivity contribution in [1.82, 2.24) is 20.0 Å². The van der Waals surface area contributed by atoms with Crippen LogP contribution in [0.2, 0.25) is 0 Å². The number of piperidine rings is 1. The van der Waals surface area contributed by atoms with Crippen molar-refractivity contribution in [3.05, 3.63) is 45.0 Å². The maximum atomic E-state index is 11.4. The fourth-order valence-corrected chi connectivity index (χ4v) is 2.83. The Morgan fingerprint density at radius 1 is 1.26 bits per heavy atom. The molecule has 1 fully saturated rings. The third-order valence-electron chi connectivity index (χ3n) is 4.07. The van der Waals surface area contributed by atoms with Crippen LogP contribution in [0, 0.1) is 0 Å². The maximum absolute atomic E-state index is 11.4. The zero-order valence-electron chi connectivity index (χ0n) is 13.0. The predicted molar refractivity (Wildman–Crippen MR) is 87.8 cm³/mol. The number of hydrogen-bond donors (Lipinski definition) is 2. The zero-order valence-corrected chi connectivity index (χ0v) is 13.0. The van der Waals surface area contributed by atoms with E-state index in [4.69, 9.17) is 0 Å². The molecule has 0 saturated carbocycles. The lowest BCUT2D eigenvalue weighted by molar-refractivity contribution is 0.467. The maximum Gasteiger partial charge on any atom is 0.266 e. The van der Waals surface area contributed by atoms with Crippen molar-refractivity contribution < 1.29 is 0 Å². The van der Waals surface area contributed by atoms with Gasteiger partial charge < -0.3 is 10.2 Å². The number of rotatable bonds is 4. The Balaban J connectivity index is 1.71. The second-order valence-electron chi connectivity index (χ2n) is 5.68. The van der Waals surface area contributed by atoms with Crippen LogP contribution in [0.15, 0.2) is 33.9 Å². The molecule has 3 rings (SSSR count). The van der Waals surface area contributed by atoms with Crippen LogP contribution < -0.4 is 21.3 Å². The van der Waals surface area contributed by atoms with Crippen LogP contribution in [-0.2, 0) is 7.05 Å². The molecule has 8 heteroatoms. The van der Waals surface area contributed by atoms with Gasteiger partial charge in [-0.1, -0.05) is 0 Å². The van der Waals surface area contributed by atoms with Crippen LogP contribution in [-0.4, -0.2) is 39.1 Å². The summed E-state index contributed by atoms with van der Waals surface area (Å²) in [6.07, 6.45) is 3.31. The highest BCUT2D eigenvalue weighted by atomic mass is 16.1. The number of hydrogen-bond acceptors (Lipinski definition) is 6. The number of H-pyrrole nitrogens is 1. The number of nitrogens with zero attached hydrogens (tertiary/aromatic N) is 4. The largest absolute Gasteiger partial charge is 0.367 e. The molecule has 0 spiro atoms. The second-order valence-corrected chi connectivity index (χ2v) is 5.68. The van der Waals surface area contributed by atoms with Gasteiger partial charge in [-0.15, -0.1) is 0 Å². The van der Waals surface area contributed by atoms with E-state index < -0.39 is 0 Å². The van der Waals surface area contributed by atoms with Crippen molar-refractivity contribution in [1.29, 1.82) is 0 Å². The van der Waals surface area contributed by atoms with Crippen LogP contribution in [0.4, 0.5) is 11.6 Å². The monoisotopic (exact) mass is 316 g/mol.